The molecule has 0 radical (unpaired) electrons. The van der Waals surface area contributed by atoms with Crippen LogP contribution in [0.2, 0.25) is 0 Å². The molecule has 0 saturated carbocycles. The molecule has 1 aliphatic heterocycles. The molecule has 1 heterocycles. The molecule has 2 aromatic rings. The first-order valence-corrected chi connectivity index (χ1v) is 8.75. The SMILES string of the molecule is COc1ccc(C2(CNC(=O)Cc3ccccc3)CCOCC2)cc1. The predicted octanol–water partition coefficient (Wildman–Crippen LogP) is 3.10. The van der Waals surface area contributed by atoms with Gasteiger partial charge in [-0.2, -0.15) is 0 Å². The quantitative estimate of drug-likeness (QED) is 0.880. The number of benzene rings is 2. The molecule has 1 aliphatic rings. The van der Waals surface area contributed by atoms with Crippen LogP contribution in [0.5, 0.6) is 5.75 Å². The lowest BCUT2D eigenvalue weighted by atomic mass is 9.74. The molecule has 4 nitrogen and oxygen atoms in total. The summed E-state index contributed by atoms with van der Waals surface area (Å²) < 4.78 is 10.8. The normalized spacial score (nSPS) is 16.2. The molecule has 4 heteroatoms. The largest absolute Gasteiger partial charge is 0.497 e. The van der Waals surface area contributed by atoms with E-state index < -0.39 is 0 Å². The van der Waals surface area contributed by atoms with E-state index in [1.165, 1.54) is 5.56 Å². The van der Waals surface area contributed by atoms with E-state index in [0.29, 0.717) is 13.0 Å². The van der Waals surface area contributed by atoms with Gasteiger partial charge in [0.05, 0.1) is 13.5 Å². The van der Waals surface area contributed by atoms with E-state index in [-0.39, 0.29) is 11.3 Å². The van der Waals surface area contributed by atoms with Gasteiger partial charge >= 0.3 is 0 Å². The minimum absolute atomic E-state index is 0.0607. The van der Waals surface area contributed by atoms with Crippen LogP contribution < -0.4 is 10.1 Å². The molecule has 3 rings (SSSR count). The van der Waals surface area contributed by atoms with Crippen LogP contribution in [0.25, 0.3) is 0 Å². The van der Waals surface area contributed by atoms with Gasteiger partial charge in [-0.15, -0.1) is 0 Å². The van der Waals surface area contributed by atoms with Gasteiger partial charge in [-0.25, -0.2) is 0 Å². The highest BCUT2D eigenvalue weighted by atomic mass is 16.5. The van der Waals surface area contributed by atoms with E-state index in [9.17, 15) is 4.79 Å². The molecule has 1 fully saturated rings. The van der Waals surface area contributed by atoms with Crippen molar-refractivity contribution in [3.8, 4) is 5.75 Å². The van der Waals surface area contributed by atoms with E-state index in [2.05, 4.69) is 17.4 Å². The zero-order valence-electron chi connectivity index (χ0n) is 14.7. The van der Waals surface area contributed by atoms with Crippen LogP contribution in [-0.4, -0.2) is 32.8 Å². The van der Waals surface area contributed by atoms with Crippen molar-refractivity contribution in [3.05, 3.63) is 65.7 Å². The van der Waals surface area contributed by atoms with E-state index in [0.717, 1.165) is 37.4 Å². The zero-order chi connectivity index (χ0) is 17.5. The topological polar surface area (TPSA) is 47.6 Å². The van der Waals surface area contributed by atoms with Gasteiger partial charge in [0, 0.05) is 25.2 Å². The Labute approximate surface area is 149 Å². The van der Waals surface area contributed by atoms with Gasteiger partial charge in [-0.05, 0) is 36.1 Å². The molecular formula is C21H25NO3. The number of nitrogens with one attached hydrogen (secondary N) is 1. The van der Waals surface area contributed by atoms with Crippen LogP contribution >= 0.6 is 0 Å². The van der Waals surface area contributed by atoms with E-state index >= 15 is 0 Å². The Bertz CT molecular complexity index is 676. The van der Waals surface area contributed by atoms with Gasteiger partial charge in [-0.1, -0.05) is 42.5 Å². The molecule has 1 N–H and O–H groups in total. The van der Waals surface area contributed by atoms with E-state index in [1.807, 2.05) is 42.5 Å². The maximum atomic E-state index is 12.4. The predicted molar refractivity (Wildman–Crippen MR) is 97.9 cm³/mol. The average Bonchev–Trinajstić information content (AvgIpc) is 2.68. The van der Waals surface area contributed by atoms with Gasteiger partial charge < -0.3 is 14.8 Å². The molecule has 0 bridgehead atoms. The third kappa shape index (κ3) is 4.40. The van der Waals surface area contributed by atoms with Crippen LogP contribution in [-0.2, 0) is 21.4 Å². The molecule has 0 aromatic heterocycles. The number of carbonyl (C=O) groups is 1. The molecule has 0 unspecified atom stereocenters. The van der Waals surface area contributed by atoms with Crippen molar-refractivity contribution in [1.29, 1.82) is 0 Å². The number of hydrogen-bond donors (Lipinski definition) is 1. The second kappa shape index (κ2) is 8.17. The molecule has 0 atom stereocenters. The molecular weight excluding hydrogens is 314 g/mol. The molecule has 2 aromatic carbocycles. The number of amides is 1. The van der Waals surface area contributed by atoms with Crippen molar-refractivity contribution in [3.63, 3.8) is 0 Å². The summed E-state index contributed by atoms with van der Waals surface area (Å²) in [6.45, 7) is 2.08. The van der Waals surface area contributed by atoms with Crippen LogP contribution in [0.3, 0.4) is 0 Å². The summed E-state index contributed by atoms with van der Waals surface area (Å²) in [6.07, 6.45) is 2.23. The lowest BCUT2D eigenvalue weighted by Crippen LogP contribution is -2.45. The Morgan fingerprint density at radius 1 is 1.08 bits per heavy atom. The lowest BCUT2D eigenvalue weighted by molar-refractivity contribution is -0.120. The Balaban J connectivity index is 1.69. The van der Waals surface area contributed by atoms with Crippen LogP contribution in [0.15, 0.2) is 54.6 Å². The van der Waals surface area contributed by atoms with Gasteiger partial charge in [0.2, 0.25) is 5.91 Å². The minimum Gasteiger partial charge on any atom is -0.497 e. The summed E-state index contributed by atoms with van der Waals surface area (Å²) in [5.74, 6) is 0.907. The molecule has 1 saturated heterocycles. The number of ether oxygens (including phenoxy) is 2. The van der Waals surface area contributed by atoms with Crippen molar-refractivity contribution in [2.45, 2.75) is 24.7 Å². The Morgan fingerprint density at radius 3 is 2.40 bits per heavy atom. The van der Waals surface area contributed by atoms with Crippen molar-refractivity contribution in [1.82, 2.24) is 5.32 Å². The minimum atomic E-state index is -0.0726. The Kier molecular flexibility index (Phi) is 5.71. The second-order valence-electron chi connectivity index (χ2n) is 6.56. The standard InChI is InChI=1S/C21H25NO3/c1-24-19-9-7-18(8-10-19)21(11-13-25-14-12-21)16-22-20(23)15-17-5-3-2-4-6-17/h2-10H,11-16H2,1H3,(H,22,23). The summed E-state index contributed by atoms with van der Waals surface area (Å²) >= 11 is 0. The second-order valence-corrected chi connectivity index (χ2v) is 6.56. The highest BCUT2D eigenvalue weighted by Crippen LogP contribution is 2.35. The number of carbonyl (C=O) groups excluding carboxylic acids is 1. The third-order valence-electron chi connectivity index (χ3n) is 4.98. The van der Waals surface area contributed by atoms with Crippen LogP contribution in [0.1, 0.15) is 24.0 Å². The van der Waals surface area contributed by atoms with Gasteiger partial charge in [-0.3, -0.25) is 4.79 Å². The Morgan fingerprint density at radius 2 is 1.76 bits per heavy atom. The first-order valence-electron chi connectivity index (χ1n) is 8.75. The van der Waals surface area contributed by atoms with Gasteiger partial charge in [0.25, 0.3) is 0 Å². The first-order chi connectivity index (χ1) is 12.2. The fraction of sp³-hybridized carbons (Fsp3) is 0.381. The number of hydrogen-bond acceptors (Lipinski definition) is 3. The van der Waals surface area contributed by atoms with Gasteiger partial charge in [0.15, 0.2) is 0 Å². The lowest BCUT2D eigenvalue weighted by Gasteiger charge is -2.38. The summed E-state index contributed by atoms with van der Waals surface area (Å²) in [5.41, 5.74) is 2.19. The summed E-state index contributed by atoms with van der Waals surface area (Å²) in [4.78, 5) is 12.4. The smallest absolute Gasteiger partial charge is 0.224 e. The monoisotopic (exact) mass is 339 g/mol. The zero-order valence-corrected chi connectivity index (χ0v) is 14.7. The van der Waals surface area contributed by atoms with Crippen LogP contribution in [0, 0.1) is 0 Å². The van der Waals surface area contributed by atoms with E-state index in [4.69, 9.17) is 9.47 Å². The highest BCUT2D eigenvalue weighted by molar-refractivity contribution is 5.78. The van der Waals surface area contributed by atoms with Crippen molar-refractivity contribution >= 4 is 5.91 Å². The Hall–Kier alpha value is -2.33. The average molecular weight is 339 g/mol. The summed E-state index contributed by atoms with van der Waals surface area (Å²) in [7, 11) is 1.67. The number of rotatable bonds is 6. The van der Waals surface area contributed by atoms with Crippen molar-refractivity contribution in [2.24, 2.45) is 0 Å². The molecule has 1 amide bonds. The molecule has 25 heavy (non-hydrogen) atoms. The molecule has 132 valence electrons. The summed E-state index contributed by atoms with van der Waals surface area (Å²) in [6, 6.07) is 18.0. The molecule has 0 aliphatic carbocycles. The third-order valence-corrected chi connectivity index (χ3v) is 4.98. The van der Waals surface area contributed by atoms with E-state index in [1.54, 1.807) is 7.11 Å². The fourth-order valence-corrected chi connectivity index (χ4v) is 3.39. The summed E-state index contributed by atoms with van der Waals surface area (Å²) in [5, 5.41) is 3.14. The number of methoxy groups -OCH3 is 1. The van der Waals surface area contributed by atoms with Crippen LogP contribution in [0.4, 0.5) is 0 Å². The highest BCUT2D eigenvalue weighted by Gasteiger charge is 2.34. The fourth-order valence-electron chi connectivity index (χ4n) is 3.39. The maximum absolute atomic E-state index is 12.4. The molecule has 0 spiro atoms. The van der Waals surface area contributed by atoms with Gasteiger partial charge in [0.1, 0.15) is 5.75 Å². The first kappa shape index (κ1) is 17.5. The maximum Gasteiger partial charge on any atom is 0.224 e. The van der Waals surface area contributed by atoms with Crippen molar-refractivity contribution < 1.29 is 14.3 Å². The van der Waals surface area contributed by atoms with Crippen molar-refractivity contribution in [2.75, 3.05) is 26.9 Å².